The lowest BCUT2D eigenvalue weighted by molar-refractivity contribution is -0.148. The summed E-state index contributed by atoms with van der Waals surface area (Å²) in [5.41, 5.74) is 0. The fourth-order valence-corrected chi connectivity index (χ4v) is 7.23. The summed E-state index contributed by atoms with van der Waals surface area (Å²) in [7, 11) is 1.98. The molecule has 4 rings (SSSR count). The molecule has 0 aromatic carbocycles. The third-order valence-corrected chi connectivity index (χ3v) is 9.38. The van der Waals surface area contributed by atoms with E-state index in [9.17, 15) is 14.4 Å². The molecule has 0 aromatic heterocycles. The number of nitrogens with zero attached hydrogens (tertiary/aromatic N) is 1. The Balaban J connectivity index is 1.34. The Hall–Kier alpha value is -1.63. The van der Waals surface area contributed by atoms with Crippen molar-refractivity contribution in [2.45, 2.75) is 96.7 Å². The van der Waals surface area contributed by atoms with Gasteiger partial charge in [0.2, 0.25) is 11.8 Å². The van der Waals surface area contributed by atoms with Gasteiger partial charge in [-0.2, -0.15) is 0 Å². The van der Waals surface area contributed by atoms with Gasteiger partial charge in [0.25, 0.3) is 0 Å². The maximum Gasteiger partial charge on any atom is 0.321 e. The SMILES string of the molecule is CC1CC2C(CN1)CC(C1CC(NC(=O)NC(=O)C3CCCCC3C)CCC1C)C(=O)N2C. The van der Waals surface area contributed by atoms with Crippen molar-refractivity contribution in [3.8, 4) is 0 Å². The van der Waals surface area contributed by atoms with E-state index < -0.39 is 0 Å². The molecule has 7 heteroatoms. The Labute approximate surface area is 199 Å². The molecular weight excluding hydrogens is 416 g/mol. The van der Waals surface area contributed by atoms with Crippen molar-refractivity contribution >= 4 is 17.8 Å². The normalized spacial score (nSPS) is 41.8. The van der Waals surface area contributed by atoms with E-state index in [1.165, 1.54) is 6.42 Å². The van der Waals surface area contributed by atoms with E-state index in [1.54, 1.807) is 0 Å². The molecule has 2 saturated heterocycles. The van der Waals surface area contributed by atoms with Crippen LogP contribution in [0.15, 0.2) is 0 Å². The molecule has 2 heterocycles. The van der Waals surface area contributed by atoms with E-state index in [0.29, 0.717) is 29.8 Å². The van der Waals surface area contributed by atoms with Gasteiger partial charge in [0.15, 0.2) is 0 Å². The van der Waals surface area contributed by atoms with Crippen molar-refractivity contribution in [1.29, 1.82) is 0 Å². The molecule has 3 N–H and O–H groups in total. The smallest absolute Gasteiger partial charge is 0.321 e. The summed E-state index contributed by atoms with van der Waals surface area (Å²) in [5, 5.41) is 9.29. The number of hydrogen-bond donors (Lipinski definition) is 3. The monoisotopic (exact) mass is 460 g/mol. The topological polar surface area (TPSA) is 90.5 Å². The third kappa shape index (κ3) is 5.39. The van der Waals surface area contributed by atoms with Gasteiger partial charge in [-0.1, -0.05) is 26.7 Å². The summed E-state index contributed by atoms with van der Waals surface area (Å²) in [6.07, 6.45) is 8.85. The average molecular weight is 461 g/mol. The first-order valence-corrected chi connectivity index (χ1v) is 13.4. The molecule has 2 aliphatic carbocycles. The molecule has 0 spiro atoms. The van der Waals surface area contributed by atoms with Gasteiger partial charge < -0.3 is 15.5 Å². The summed E-state index contributed by atoms with van der Waals surface area (Å²) in [4.78, 5) is 40.7. The number of hydrogen-bond acceptors (Lipinski definition) is 4. The number of fused-ring (bicyclic) bond motifs is 1. The number of likely N-dealkylation sites (tertiary alicyclic amines) is 1. The Kier molecular flexibility index (Phi) is 7.66. The highest BCUT2D eigenvalue weighted by molar-refractivity contribution is 5.95. The predicted molar refractivity (Wildman–Crippen MR) is 128 cm³/mol. The van der Waals surface area contributed by atoms with Crippen molar-refractivity contribution < 1.29 is 14.4 Å². The van der Waals surface area contributed by atoms with Crippen molar-refractivity contribution in [2.24, 2.45) is 35.5 Å². The van der Waals surface area contributed by atoms with Gasteiger partial charge in [-0.3, -0.25) is 14.9 Å². The summed E-state index contributed by atoms with van der Waals surface area (Å²) in [6.45, 7) is 7.55. The van der Waals surface area contributed by atoms with E-state index in [1.807, 2.05) is 11.9 Å². The van der Waals surface area contributed by atoms with Crippen molar-refractivity contribution in [3.63, 3.8) is 0 Å². The third-order valence-electron chi connectivity index (χ3n) is 9.38. The van der Waals surface area contributed by atoms with Crippen LogP contribution in [0.25, 0.3) is 0 Å². The minimum Gasteiger partial charge on any atom is -0.342 e. The molecule has 0 bridgehead atoms. The van der Waals surface area contributed by atoms with Gasteiger partial charge in [0.1, 0.15) is 0 Å². The molecule has 4 fully saturated rings. The number of rotatable bonds is 3. The Morgan fingerprint density at radius 2 is 1.73 bits per heavy atom. The van der Waals surface area contributed by atoms with Crippen LogP contribution in [-0.2, 0) is 9.59 Å². The van der Waals surface area contributed by atoms with Crippen molar-refractivity contribution in [1.82, 2.24) is 20.9 Å². The molecule has 9 atom stereocenters. The number of amides is 4. The van der Waals surface area contributed by atoms with Crippen LogP contribution in [0.4, 0.5) is 4.79 Å². The van der Waals surface area contributed by atoms with Gasteiger partial charge in [-0.05, 0) is 75.5 Å². The molecule has 33 heavy (non-hydrogen) atoms. The number of nitrogens with one attached hydrogen (secondary N) is 3. The molecule has 2 saturated carbocycles. The second-order valence-electron chi connectivity index (χ2n) is 11.6. The largest absolute Gasteiger partial charge is 0.342 e. The predicted octanol–water partition coefficient (Wildman–Crippen LogP) is 3.29. The lowest BCUT2D eigenvalue weighted by atomic mass is 9.65. The zero-order valence-electron chi connectivity index (χ0n) is 20.9. The Bertz CT molecular complexity index is 743. The van der Waals surface area contributed by atoms with E-state index in [2.05, 4.69) is 36.7 Å². The van der Waals surface area contributed by atoms with Crippen LogP contribution in [0.2, 0.25) is 0 Å². The van der Waals surface area contributed by atoms with Crippen LogP contribution in [0, 0.1) is 35.5 Å². The standard InChI is InChI=1S/C26H44N4O3/c1-15-7-5-6-8-20(15)24(31)29-26(33)28-19-10-9-16(2)21(13-19)22-12-18-14-27-17(3)11-23(18)30(4)25(22)32/h15-23,27H,5-14H2,1-4H3,(H2,28,29,31,33). The molecule has 7 nitrogen and oxygen atoms in total. The van der Waals surface area contributed by atoms with Gasteiger partial charge >= 0.3 is 6.03 Å². The minimum atomic E-state index is -0.367. The molecule has 4 amide bonds. The molecule has 0 radical (unpaired) electrons. The zero-order valence-corrected chi connectivity index (χ0v) is 20.9. The first-order valence-electron chi connectivity index (χ1n) is 13.4. The fourth-order valence-electron chi connectivity index (χ4n) is 7.23. The molecule has 4 aliphatic rings. The molecular formula is C26H44N4O3. The fraction of sp³-hybridized carbons (Fsp3) is 0.885. The van der Waals surface area contributed by atoms with Crippen molar-refractivity contribution in [3.05, 3.63) is 0 Å². The van der Waals surface area contributed by atoms with Crippen LogP contribution in [-0.4, -0.2) is 54.5 Å². The number of imide groups is 1. The first kappa shape index (κ1) is 24.5. The van der Waals surface area contributed by atoms with Gasteiger partial charge in [-0.15, -0.1) is 0 Å². The number of carbonyl (C=O) groups excluding carboxylic acids is 3. The van der Waals surface area contributed by atoms with Gasteiger partial charge in [0.05, 0.1) is 0 Å². The van der Waals surface area contributed by atoms with E-state index in [-0.39, 0.29) is 41.6 Å². The summed E-state index contributed by atoms with van der Waals surface area (Å²) in [6, 6.07) is 0.451. The highest BCUT2D eigenvalue weighted by atomic mass is 16.2. The summed E-state index contributed by atoms with van der Waals surface area (Å²) in [5.74, 6) is 1.70. The van der Waals surface area contributed by atoms with E-state index in [4.69, 9.17) is 0 Å². The number of piperidine rings is 2. The second-order valence-corrected chi connectivity index (χ2v) is 11.6. The van der Waals surface area contributed by atoms with Crippen LogP contribution in [0.3, 0.4) is 0 Å². The molecule has 0 aromatic rings. The van der Waals surface area contributed by atoms with Gasteiger partial charge in [-0.25, -0.2) is 4.79 Å². The first-order chi connectivity index (χ1) is 15.7. The lowest BCUT2D eigenvalue weighted by Crippen LogP contribution is -2.60. The average Bonchev–Trinajstić information content (AvgIpc) is 2.78. The Morgan fingerprint density at radius 3 is 2.48 bits per heavy atom. The lowest BCUT2D eigenvalue weighted by Gasteiger charge is -2.50. The molecule has 186 valence electrons. The maximum absolute atomic E-state index is 13.4. The van der Waals surface area contributed by atoms with Crippen LogP contribution < -0.4 is 16.0 Å². The highest BCUT2D eigenvalue weighted by Crippen LogP contribution is 2.43. The van der Waals surface area contributed by atoms with Crippen LogP contribution in [0.1, 0.15) is 78.6 Å². The number of urea groups is 1. The molecule has 2 aliphatic heterocycles. The van der Waals surface area contributed by atoms with Gasteiger partial charge in [0, 0.05) is 43.6 Å². The highest BCUT2D eigenvalue weighted by Gasteiger charge is 2.47. The quantitative estimate of drug-likeness (QED) is 0.603. The van der Waals surface area contributed by atoms with E-state index >= 15 is 0 Å². The van der Waals surface area contributed by atoms with Crippen molar-refractivity contribution in [2.75, 3.05) is 13.6 Å². The summed E-state index contributed by atoms with van der Waals surface area (Å²) >= 11 is 0. The minimum absolute atomic E-state index is 0.0168. The summed E-state index contributed by atoms with van der Waals surface area (Å²) < 4.78 is 0. The maximum atomic E-state index is 13.4. The Morgan fingerprint density at radius 1 is 0.970 bits per heavy atom. The van der Waals surface area contributed by atoms with E-state index in [0.717, 1.165) is 57.9 Å². The number of carbonyl (C=O) groups is 3. The zero-order chi connectivity index (χ0) is 23.7. The van der Waals surface area contributed by atoms with Crippen LogP contribution in [0.5, 0.6) is 0 Å². The second kappa shape index (κ2) is 10.3. The van der Waals surface area contributed by atoms with Crippen LogP contribution >= 0.6 is 0 Å². The molecule has 9 unspecified atom stereocenters.